The summed E-state index contributed by atoms with van der Waals surface area (Å²) >= 11 is 0. The number of aliphatic hydroxyl groups is 8. The first-order chi connectivity index (χ1) is 24.1. The number of carbonyl (C=O) groups excluding carboxylic acids is 1. The molecule has 2 bridgehead atoms. The monoisotopic (exact) mass is 722 g/mol. The van der Waals surface area contributed by atoms with Gasteiger partial charge in [0.2, 0.25) is 0 Å². The Kier molecular flexibility index (Phi) is 21.3. The predicted molar refractivity (Wildman–Crippen MR) is 196 cm³/mol. The van der Waals surface area contributed by atoms with Crippen molar-refractivity contribution in [3.63, 3.8) is 0 Å². The van der Waals surface area contributed by atoms with E-state index in [2.05, 4.69) is 0 Å². The molecule has 2 aliphatic rings. The van der Waals surface area contributed by atoms with E-state index >= 15 is 0 Å². The Morgan fingerprint density at radius 1 is 0.569 bits per heavy atom. The lowest BCUT2D eigenvalue weighted by atomic mass is 9.89. The number of carbonyl (C=O) groups is 1. The summed E-state index contributed by atoms with van der Waals surface area (Å²) in [6.07, 6.45) is 10.2. The van der Waals surface area contributed by atoms with Gasteiger partial charge in [0.25, 0.3) is 0 Å². The fourth-order valence-electron chi connectivity index (χ4n) is 6.92. The highest BCUT2D eigenvalue weighted by atomic mass is 16.5. The topological polar surface area (TPSA) is 197 Å². The van der Waals surface area contributed by atoms with Crippen LogP contribution in [0.2, 0.25) is 0 Å². The fourth-order valence-corrected chi connectivity index (χ4v) is 6.92. The molecule has 0 aliphatic carbocycles. The number of fused-ring (bicyclic) bond motifs is 2. The number of esters is 1. The van der Waals surface area contributed by atoms with Crippen molar-refractivity contribution in [3.8, 4) is 0 Å². The number of hydrogen-bond donors (Lipinski definition) is 8. The summed E-state index contributed by atoms with van der Waals surface area (Å²) in [5.41, 5.74) is 0.457. The maximum atomic E-state index is 12.8. The van der Waals surface area contributed by atoms with Gasteiger partial charge in [0.15, 0.2) is 0 Å². The Morgan fingerprint density at radius 3 is 1.49 bits per heavy atom. The molecule has 1 fully saturated rings. The van der Waals surface area contributed by atoms with E-state index in [1.54, 1.807) is 19.1 Å². The highest BCUT2D eigenvalue weighted by Crippen LogP contribution is 2.27. The van der Waals surface area contributed by atoms with E-state index in [1.165, 1.54) is 0 Å². The molecule has 292 valence electrons. The Bertz CT molecular complexity index is 1130. The molecule has 8 N–H and O–H groups in total. The van der Waals surface area contributed by atoms with E-state index in [0.29, 0.717) is 37.7 Å². The van der Waals surface area contributed by atoms with E-state index in [4.69, 9.17) is 9.47 Å². The Labute approximate surface area is 304 Å². The standard InChI is InChI=1S/C40H66O11/c1-26(2)39-27(3)15-16-29(41)17-30(42)18-31(43)19-32(44)20-33(45)21-34(46)22-35(47)24-38-25-36(48)23-37(50-38)14-12-10-8-6-5-7-9-11-13-28(4)40(49)51-39/h5-13,26-27,29-39,41-48H,14-25H2,1-4H3/t27-,29-,30-,31-,32?,33+,34-,35+,36-,37+,38-,39-/m0/s1. The minimum absolute atomic E-state index is 0.00370. The van der Waals surface area contributed by atoms with Crippen LogP contribution in [0.4, 0.5) is 0 Å². The van der Waals surface area contributed by atoms with Gasteiger partial charge in [-0.2, -0.15) is 0 Å². The van der Waals surface area contributed by atoms with E-state index in [1.807, 2.05) is 63.3 Å². The molecule has 2 aliphatic heterocycles. The molecule has 11 heteroatoms. The number of cyclic esters (lactones) is 1. The summed E-state index contributed by atoms with van der Waals surface area (Å²) in [6, 6.07) is 0. The molecule has 51 heavy (non-hydrogen) atoms. The first-order valence-electron chi connectivity index (χ1n) is 18.8. The summed E-state index contributed by atoms with van der Waals surface area (Å²) in [4.78, 5) is 12.8. The largest absolute Gasteiger partial charge is 0.458 e. The SMILES string of the molecule is CC1=CC=CC=CC=CC=CC[C@@H]2C[C@H](O)C[C@H](C[C@H](O)C[C@@H](O)C[C@H](O)CC(O)C[C@@H](O)C[C@@H](O)C[C@@H](O)CC[C@H](C)[C@H](C(C)C)OC1=O)O2. The number of rotatable bonds is 1. The first-order valence-corrected chi connectivity index (χ1v) is 18.8. The third-order valence-corrected chi connectivity index (χ3v) is 9.54. The van der Waals surface area contributed by atoms with Gasteiger partial charge in [0.05, 0.1) is 61.0 Å². The second-order valence-corrected chi connectivity index (χ2v) is 15.1. The normalized spacial score (nSPS) is 37.4. The summed E-state index contributed by atoms with van der Waals surface area (Å²) < 4.78 is 12.0. The van der Waals surface area contributed by atoms with Crippen molar-refractivity contribution >= 4 is 5.97 Å². The maximum absolute atomic E-state index is 12.8. The quantitative estimate of drug-likeness (QED) is 0.184. The summed E-state index contributed by atoms with van der Waals surface area (Å²) in [7, 11) is 0. The maximum Gasteiger partial charge on any atom is 0.334 e. The molecule has 1 unspecified atom stereocenters. The Morgan fingerprint density at radius 2 is 0.980 bits per heavy atom. The van der Waals surface area contributed by atoms with Gasteiger partial charge in [-0.1, -0.05) is 75.5 Å². The van der Waals surface area contributed by atoms with Crippen molar-refractivity contribution in [2.24, 2.45) is 11.8 Å². The lowest BCUT2D eigenvalue weighted by Gasteiger charge is -2.34. The van der Waals surface area contributed by atoms with Gasteiger partial charge in [-0.25, -0.2) is 4.79 Å². The Balaban J connectivity index is 2.09. The van der Waals surface area contributed by atoms with Crippen molar-refractivity contribution in [2.45, 2.75) is 172 Å². The molecule has 0 aromatic carbocycles. The van der Waals surface area contributed by atoms with Crippen LogP contribution in [0.3, 0.4) is 0 Å². The third kappa shape index (κ3) is 19.5. The van der Waals surface area contributed by atoms with E-state index < -0.39 is 54.8 Å². The summed E-state index contributed by atoms with van der Waals surface area (Å²) in [5.74, 6) is -0.420. The van der Waals surface area contributed by atoms with E-state index in [-0.39, 0.29) is 75.1 Å². The number of allylic oxidation sites excluding steroid dienone is 8. The van der Waals surface area contributed by atoms with Gasteiger partial charge in [-0.15, -0.1) is 0 Å². The third-order valence-electron chi connectivity index (χ3n) is 9.54. The van der Waals surface area contributed by atoms with Gasteiger partial charge in [-0.3, -0.25) is 0 Å². The minimum Gasteiger partial charge on any atom is -0.458 e. The van der Waals surface area contributed by atoms with Crippen LogP contribution in [0.1, 0.15) is 105 Å². The van der Waals surface area contributed by atoms with Crippen LogP contribution >= 0.6 is 0 Å². The number of hydrogen-bond acceptors (Lipinski definition) is 11. The highest BCUT2D eigenvalue weighted by Gasteiger charge is 2.31. The van der Waals surface area contributed by atoms with E-state index in [0.717, 1.165) is 0 Å². The van der Waals surface area contributed by atoms with Crippen LogP contribution in [-0.4, -0.2) is 114 Å². The van der Waals surface area contributed by atoms with Crippen LogP contribution in [0.15, 0.2) is 60.3 Å². The molecular weight excluding hydrogens is 656 g/mol. The van der Waals surface area contributed by atoms with Crippen LogP contribution in [-0.2, 0) is 14.3 Å². The van der Waals surface area contributed by atoms with Gasteiger partial charge < -0.3 is 50.3 Å². The van der Waals surface area contributed by atoms with Crippen LogP contribution < -0.4 is 0 Å². The zero-order chi connectivity index (χ0) is 37.9. The predicted octanol–water partition coefficient (Wildman–Crippen LogP) is 3.71. The van der Waals surface area contributed by atoms with Crippen LogP contribution in [0.25, 0.3) is 0 Å². The molecular formula is C40H66O11. The van der Waals surface area contributed by atoms with Crippen molar-refractivity contribution in [3.05, 3.63) is 60.3 Å². The molecule has 12 atom stereocenters. The molecule has 1 saturated heterocycles. The zero-order valence-electron chi connectivity index (χ0n) is 31.0. The molecule has 0 radical (unpaired) electrons. The molecule has 0 aromatic heterocycles. The molecule has 0 saturated carbocycles. The van der Waals surface area contributed by atoms with E-state index in [9.17, 15) is 45.6 Å². The first kappa shape index (κ1) is 45.0. The number of aliphatic hydroxyl groups excluding tert-OH is 8. The van der Waals surface area contributed by atoms with Crippen LogP contribution in [0, 0.1) is 11.8 Å². The lowest BCUT2D eigenvalue weighted by molar-refractivity contribution is -0.149. The van der Waals surface area contributed by atoms with Crippen molar-refractivity contribution in [1.82, 2.24) is 0 Å². The second kappa shape index (κ2) is 24.2. The van der Waals surface area contributed by atoms with Gasteiger partial charge in [0.1, 0.15) is 6.10 Å². The summed E-state index contributed by atoms with van der Waals surface area (Å²) in [5, 5.41) is 84.0. The zero-order valence-corrected chi connectivity index (χ0v) is 31.0. The highest BCUT2D eigenvalue weighted by molar-refractivity contribution is 5.88. The number of ether oxygens (including phenoxy) is 2. The molecule has 0 aromatic rings. The van der Waals surface area contributed by atoms with Crippen molar-refractivity contribution in [2.75, 3.05) is 0 Å². The molecule has 0 amide bonds. The average molecular weight is 723 g/mol. The van der Waals surface area contributed by atoms with Gasteiger partial charge >= 0.3 is 5.97 Å². The van der Waals surface area contributed by atoms with Gasteiger partial charge in [0, 0.05) is 5.57 Å². The second-order valence-electron chi connectivity index (χ2n) is 15.1. The molecule has 2 rings (SSSR count). The molecule has 0 spiro atoms. The van der Waals surface area contributed by atoms with Crippen molar-refractivity contribution < 1.29 is 55.1 Å². The average Bonchev–Trinajstić information content (AvgIpc) is 3.01. The van der Waals surface area contributed by atoms with Crippen molar-refractivity contribution in [1.29, 1.82) is 0 Å². The lowest BCUT2D eigenvalue weighted by Crippen LogP contribution is -2.38. The van der Waals surface area contributed by atoms with Gasteiger partial charge in [-0.05, 0) is 95.8 Å². The smallest absolute Gasteiger partial charge is 0.334 e. The minimum atomic E-state index is -1.09. The summed E-state index contributed by atoms with van der Waals surface area (Å²) in [6.45, 7) is 7.61. The fraction of sp³-hybridized carbons (Fsp3) is 0.725. The molecule has 11 nitrogen and oxygen atoms in total. The Hall–Kier alpha value is -2.19. The molecule has 2 heterocycles. The van der Waals surface area contributed by atoms with Crippen LogP contribution in [0.5, 0.6) is 0 Å².